The number of fused-ring (bicyclic) bond motifs is 12. The van der Waals surface area contributed by atoms with E-state index in [4.69, 9.17) is 4.42 Å². The zero-order valence-corrected chi connectivity index (χ0v) is 30.6. The van der Waals surface area contributed by atoms with E-state index in [2.05, 4.69) is 191 Å². The summed E-state index contributed by atoms with van der Waals surface area (Å²) in [6, 6.07) is 66.9. The fourth-order valence-electron chi connectivity index (χ4n) is 10.4. The topological polar surface area (TPSA) is 22.5 Å². The first-order chi connectivity index (χ1) is 28.3. The maximum atomic E-state index is 6.79. The van der Waals surface area contributed by atoms with E-state index in [0.717, 1.165) is 22.3 Å². The highest BCUT2D eigenvalue weighted by molar-refractivity contribution is 6.34. The van der Waals surface area contributed by atoms with Gasteiger partial charge in [0.05, 0.1) is 27.6 Å². The molecule has 14 rings (SSSR count). The Labute approximate surface area is 325 Å². The molecular formula is C54H30N2O. The van der Waals surface area contributed by atoms with E-state index in [1.807, 2.05) is 0 Å². The van der Waals surface area contributed by atoms with Gasteiger partial charge in [0.25, 0.3) is 0 Å². The number of hydrogen-bond donors (Lipinski definition) is 0. The van der Waals surface area contributed by atoms with E-state index in [0.29, 0.717) is 0 Å². The second-order valence-corrected chi connectivity index (χ2v) is 15.6. The molecule has 0 aliphatic rings. The van der Waals surface area contributed by atoms with E-state index >= 15 is 0 Å². The molecule has 0 spiro atoms. The van der Waals surface area contributed by atoms with Crippen LogP contribution in [0.15, 0.2) is 186 Å². The van der Waals surface area contributed by atoms with Gasteiger partial charge in [-0.25, -0.2) is 0 Å². The van der Waals surface area contributed by atoms with Gasteiger partial charge < -0.3 is 13.4 Å². The van der Waals surface area contributed by atoms with Crippen LogP contribution >= 0.6 is 0 Å². The third-order valence-electron chi connectivity index (χ3n) is 12.8. The quantitative estimate of drug-likeness (QED) is 0.167. The summed E-state index contributed by atoms with van der Waals surface area (Å²) < 4.78 is 11.7. The summed E-state index contributed by atoms with van der Waals surface area (Å²) in [5, 5.41) is 15.1. The second-order valence-electron chi connectivity index (χ2n) is 15.6. The summed E-state index contributed by atoms with van der Waals surface area (Å²) in [7, 11) is 0. The molecule has 262 valence electrons. The largest absolute Gasteiger partial charge is 0.455 e. The molecule has 0 bridgehead atoms. The van der Waals surface area contributed by atoms with E-state index in [1.54, 1.807) is 0 Å². The van der Waals surface area contributed by atoms with Gasteiger partial charge in [-0.05, 0) is 98.9 Å². The van der Waals surface area contributed by atoms with Crippen molar-refractivity contribution in [2.75, 3.05) is 0 Å². The summed E-state index contributed by atoms with van der Waals surface area (Å²) in [6.07, 6.45) is 0. The molecule has 4 heterocycles. The first-order valence-electron chi connectivity index (χ1n) is 19.7. The number of nitrogens with zero attached hydrogens (tertiary/aromatic N) is 2. The monoisotopic (exact) mass is 722 g/mol. The van der Waals surface area contributed by atoms with Gasteiger partial charge in [-0.1, -0.05) is 121 Å². The summed E-state index contributed by atoms with van der Waals surface area (Å²) in [5.41, 5.74) is 13.9. The molecule has 0 fully saturated rings. The fourth-order valence-corrected chi connectivity index (χ4v) is 10.4. The van der Waals surface area contributed by atoms with E-state index in [9.17, 15) is 0 Å². The molecule has 0 aliphatic heterocycles. The lowest BCUT2D eigenvalue weighted by Gasteiger charge is -2.10. The van der Waals surface area contributed by atoms with Crippen molar-refractivity contribution in [3.8, 4) is 27.9 Å². The van der Waals surface area contributed by atoms with Crippen molar-refractivity contribution in [2.45, 2.75) is 0 Å². The van der Waals surface area contributed by atoms with Gasteiger partial charge in [0.1, 0.15) is 11.2 Å². The average Bonchev–Trinajstić information content (AvgIpc) is 4.02. The predicted molar refractivity (Wildman–Crippen MR) is 240 cm³/mol. The lowest BCUT2D eigenvalue weighted by molar-refractivity contribution is 0.670. The summed E-state index contributed by atoms with van der Waals surface area (Å²) in [5.74, 6) is 0. The Morgan fingerprint density at radius 1 is 0.333 bits per heavy atom. The Hall–Kier alpha value is -7.62. The van der Waals surface area contributed by atoms with Crippen LogP contribution < -0.4 is 0 Å². The van der Waals surface area contributed by atoms with Crippen LogP contribution in [0.3, 0.4) is 0 Å². The van der Waals surface area contributed by atoms with Crippen molar-refractivity contribution >= 4 is 103 Å². The number of benzene rings is 10. The molecule has 0 saturated carbocycles. The van der Waals surface area contributed by atoms with Crippen LogP contribution in [-0.4, -0.2) is 8.97 Å². The molecule has 57 heavy (non-hydrogen) atoms. The minimum Gasteiger partial charge on any atom is -0.455 e. The minimum atomic E-state index is 0.939. The first kappa shape index (κ1) is 29.7. The summed E-state index contributed by atoms with van der Waals surface area (Å²) in [4.78, 5) is 0. The molecule has 0 amide bonds. The van der Waals surface area contributed by atoms with Crippen LogP contribution in [0, 0.1) is 0 Å². The normalized spacial score (nSPS) is 12.6. The first-order valence-corrected chi connectivity index (χ1v) is 19.7. The number of hydrogen-bond acceptors (Lipinski definition) is 1. The van der Waals surface area contributed by atoms with Crippen molar-refractivity contribution in [1.29, 1.82) is 0 Å². The Balaban J connectivity index is 0.973. The zero-order chi connectivity index (χ0) is 36.9. The minimum absolute atomic E-state index is 0.939. The molecule has 0 saturated heterocycles. The average molecular weight is 723 g/mol. The highest BCUT2D eigenvalue weighted by Gasteiger charge is 2.22. The summed E-state index contributed by atoms with van der Waals surface area (Å²) in [6.45, 7) is 0. The van der Waals surface area contributed by atoms with Gasteiger partial charge in [0, 0.05) is 54.3 Å². The van der Waals surface area contributed by atoms with Gasteiger partial charge in [0.15, 0.2) is 0 Å². The van der Waals surface area contributed by atoms with E-state index in [1.165, 1.54) is 109 Å². The van der Waals surface area contributed by atoms with E-state index < -0.39 is 0 Å². The van der Waals surface area contributed by atoms with Crippen LogP contribution in [-0.2, 0) is 0 Å². The van der Waals surface area contributed by atoms with Crippen LogP contribution in [0.1, 0.15) is 0 Å². The summed E-state index contributed by atoms with van der Waals surface area (Å²) >= 11 is 0. The molecule has 3 nitrogen and oxygen atoms in total. The Morgan fingerprint density at radius 2 is 0.912 bits per heavy atom. The van der Waals surface area contributed by atoms with Crippen molar-refractivity contribution in [1.82, 2.24) is 8.97 Å². The molecule has 0 radical (unpaired) electrons. The molecule has 14 aromatic rings. The molecule has 3 heteroatoms. The molecule has 0 N–H and O–H groups in total. The van der Waals surface area contributed by atoms with Crippen LogP contribution in [0.4, 0.5) is 0 Å². The van der Waals surface area contributed by atoms with Crippen molar-refractivity contribution < 1.29 is 4.42 Å². The Bertz CT molecular complexity index is 3970. The van der Waals surface area contributed by atoms with Crippen LogP contribution in [0.5, 0.6) is 0 Å². The van der Waals surface area contributed by atoms with Gasteiger partial charge in [-0.2, -0.15) is 0 Å². The van der Waals surface area contributed by atoms with Crippen LogP contribution in [0.2, 0.25) is 0 Å². The third-order valence-corrected chi connectivity index (χ3v) is 12.8. The predicted octanol–water partition coefficient (Wildman–Crippen LogP) is 14.9. The van der Waals surface area contributed by atoms with Crippen molar-refractivity contribution in [2.24, 2.45) is 0 Å². The molecule has 4 aromatic heterocycles. The Kier molecular flexibility index (Phi) is 5.51. The second kappa shape index (κ2) is 10.6. The molecule has 0 aliphatic carbocycles. The highest BCUT2D eigenvalue weighted by atomic mass is 16.3. The molecule has 0 atom stereocenters. The third kappa shape index (κ3) is 3.76. The molecular weight excluding hydrogens is 693 g/mol. The SMILES string of the molecule is c1ccc(-n2c3ccccc3c3cc(-c4ccc5c(c4)c4cccc6c7ccc(-c8ccc9c%10ccccc%10c%10cccc%11oc8c9c%11%10)cc7n5c46)ccc32)cc1. The van der Waals surface area contributed by atoms with Gasteiger partial charge in [-0.3, -0.25) is 0 Å². The van der Waals surface area contributed by atoms with Crippen LogP contribution in [0.25, 0.3) is 131 Å². The zero-order valence-electron chi connectivity index (χ0n) is 30.6. The standard InChI is InChI=1S/C54H30N2O/c1-2-10-34(11-3-1)55-46-18-7-6-14-38(46)44-28-31(21-26-47(44)55)32-22-27-48-45(29-32)43-17-8-16-42-39-23-20-33(30-49(39)56(48)53(42)43)35-24-25-41-37-13-5-4-12-36(37)40-15-9-19-50-51(40)52(41)54(35)57-50/h1-30H. The van der Waals surface area contributed by atoms with Gasteiger partial charge in [-0.15, -0.1) is 0 Å². The number of rotatable bonds is 3. The van der Waals surface area contributed by atoms with Crippen molar-refractivity contribution in [3.63, 3.8) is 0 Å². The smallest absolute Gasteiger partial charge is 0.143 e. The fraction of sp³-hybridized carbons (Fsp3) is 0. The maximum absolute atomic E-state index is 6.79. The lowest BCUT2D eigenvalue weighted by Crippen LogP contribution is -1.92. The number of furan rings is 1. The Morgan fingerprint density at radius 3 is 1.74 bits per heavy atom. The lowest BCUT2D eigenvalue weighted by atomic mass is 9.92. The van der Waals surface area contributed by atoms with Gasteiger partial charge >= 0.3 is 0 Å². The highest BCUT2D eigenvalue weighted by Crippen LogP contribution is 2.47. The molecule has 0 unspecified atom stereocenters. The van der Waals surface area contributed by atoms with E-state index in [-0.39, 0.29) is 0 Å². The number of aromatic nitrogens is 2. The maximum Gasteiger partial charge on any atom is 0.143 e. The number of para-hydroxylation sites is 3. The molecule has 10 aromatic carbocycles. The van der Waals surface area contributed by atoms with Gasteiger partial charge in [0.2, 0.25) is 0 Å². The van der Waals surface area contributed by atoms with Crippen molar-refractivity contribution in [3.05, 3.63) is 182 Å².